The molecule has 0 saturated heterocycles. The van der Waals surface area contributed by atoms with E-state index in [1.807, 2.05) is 0 Å². The van der Waals surface area contributed by atoms with Gasteiger partial charge in [0.2, 0.25) is 0 Å². The van der Waals surface area contributed by atoms with Gasteiger partial charge in [0.25, 0.3) is 0 Å². The van der Waals surface area contributed by atoms with E-state index >= 15 is 0 Å². The monoisotopic (exact) mass is 294 g/mol. The third-order valence-corrected chi connectivity index (χ3v) is 4.78. The first-order chi connectivity index (χ1) is 10.8. The summed E-state index contributed by atoms with van der Waals surface area (Å²) in [6, 6.07) is 19.4. The lowest BCUT2D eigenvalue weighted by Crippen LogP contribution is -2.30. The molecule has 2 aromatic rings. The molecule has 0 aliphatic carbocycles. The summed E-state index contributed by atoms with van der Waals surface area (Å²) in [5.74, 6) is 1.39. The van der Waals surface area contributed by atoms with Crippen molar-refractivity contribution in [2.24, 2.45) is 11.8 Å². The van der Waals surface area contributed by atoms with Gasteiger partial charge < -0.3 is 10.2 Å². The molecule has 1 aliphatic rings. The van der Waals surface area contributed by atoms with E-state index in [0.717, 1.165) is 19.0 Å². The van der Waals surface area contributed by atoms with Crippen LogP contribution in [0.1, 0.15) is 26.7 Å². The lowest BCUT2D eigenvalue weighted by molar-refractivity contribution is 0.359. The third kappa shape index (κ3) is 3.11. The molecule has 0 fully saturated rings. The summed E-state index contributed by atoms with van der Waals surface area (Å²) in [5, 5.41) is 3.67. The Morgan fingerprint density at radius 3 is 2.59 bits per heavy atom. The van der Waals surface area contributed by atoms with Crippen LogP contribution in [0, 0.1) is 11.8 Å². The lowest BCUT2D eigenvalue weighted by atomic mass is 9.89. The van der Waals surface area contributed by atoms with Crippen LogP contribution in [0.15, 0.2) is 54.6 Å². The number of anilines is 3. The maximum Gasteiger partial charge on any atom is 0.0646 e. The normalized spacial score (nSPS) is 19.0. The highest BCUT2D eigenvalue weighted by Crippen LogP contribution is 2.36. The van der Waals surface area contributed by atoms with Crippen molar-refractivity contribution < 1.29 is 0 Å². The molecule has 2 atom stereocenters. The highest BCUT2D eigenvalue weighted by atomic mass is 15.2. The summed E-state index contributed by atoms with van der Waals surface area (Å²) in [5.41, 5.74) is 3.82. The van der Waals surface area contributed by atoms with Crippen molar-refractivity contribution in [3.05, 3.63) is 54.6 Å². The minimum Gasteiger partial charge on any atom is -0.383 e. The molecule has 2 unspecified atom stereocenters. The molecule has 0 saturated carbocycles. The van der Waals surface area contributed by atoms with E-state index in [1.54, 1.807) is 0 Å². The van der Waals surface area contributed by atoms with Crippen LogP contribution >= 0.6 is 0 Å². The van der Waals surface area contributed by atoms with Gasteiger partial charge in [-0.25, -0.2) is 0 Å². The van der Waals surface area contributed by atoms with E-state index in [4.69, 9.17) is 0 Å². The Bertz CT molecular complexity index is 594. The molecule has 1 heterocycles. The molecule has 22 heavy (non-hydrogen) atoms. The second kappa shape index (κ2) is 6.87. The fraction of sp³-hybridized carbons (Fsp3) is 0.400. The average Bonchev–Trinajstić information content (AvgIpc) is 2.76. The summed E-state index contributed by atoms with van der Waals surface area (Å²) >= 11 is 0. The smallest absolute Gasteiger partial charge is 0.0646 e. The van der Waals surface area contributed by atoms with E-state index in [0.29, 0.717) is 5.92 Å². The molecule has 3 rings (SSSR count). The standard InChI is InChI=1S/C20H26N2/c1-3-9-16(2)17-14-21-19-12-7-8-13-20(19)22(15-17)18-10-5-4-6-11-18/h4-8,10-13,16-17,21H,3,9,14-15H2,1-2H3. The maximum atomic E-state index is 3.67. The Morgan fingerprint density at radius 2 is 1.82 bits per heavy atom. The van der Waals surface area contributed by atoms with Gasteiger partial charge in [-0.05, 0) is 36.1 Å². The first kappa shape index (κ1) is 15.0. The summed E-state index contributed by atoms with van der Waals surface area (Å²) in [6.07, 6.45) is 2.56. The molecule has 1 N–H and O–H groups in total. The van der Waals surface area contributed by atoms with Gasteiger partial charge in [0.1, 0.15) is 0 Å². The van der Waals surface area contributed by atoms with E-state index in [9.17, 15) is 0 Å². The zero-order valence-corrected chi connectivity index (χ0v) is 13.6. The largest absolute Gasteiger partial charge is 0.383 e. The molecule has 0 spiro atoms. The summed E-state index contributed by atoms with van der Waals surface area (Å²) in [7, 11) is 0. The van der Waals surface area contributed by atoms with Crippen LogP contribution in [0.2, 0.25) is 0 Å². The second-order valence-electron chi connectivity index (χ2n) is 6.37. The van der Waals surface area contributed by atoms with Crippen molar-refractivity contribution in [2.75, 3.05) is 23.3 Å². The number of hydrogen-bond donors (Lipinski definition) is 1. The van der Waals surface area contributed by atoms with Crippen LogP contribution in [-0.2, 0) is 0 Å². The molecule has 1 aliphatic heterocycles. The van der Waals surface area contributed by atoms with Crippen LogP contribution < -0.4 is 10.2 Å². The molecule has 0 aromatic heterocycles. The van der Waals surface area contributed by atoms with Gasteiger partial charge in [-0.3, -0.25) is 0 Å². The maximum absolute atomic E-state index is 3.67. The van der Waals surface area contributed by atoms with Gasteiger partial charge >= 0.3 is 0 Å². The van der Waals surface area contributed by atoms with Crippen molar-refractivity contribution in [2.45, 2.75) is 26.7 Å². The van der Waals surface area contributed by atoms with Crippen molar-refractivity contribution in [3.8, 4) is 0 Å². The number of hydrogen-bond acceptors (Lipinski definition) is 2. The van der Waals surface area contributed by atoms with Crippen molar-refractivity contribution in [3.63, 3.8) is 0 Å². The van der Waals surface area contributed by atoms with E-state index < -0.39 is 0 Å². The van der Waals surface area contributed by atoms with Gasteiger partial charge in [-0.15, -0.1) is 0 Å². The molecule has 2 aromatic carbocycles. The molecule has 0 amide bonds. The number of rotatable bonds is 4. The fourth-order valence-corrected chi connectivity index (χ4v) is 3.42. The van der Waals surface area contributed by atoms with Crippen LogP contribution in [0.5, 0.6) is 0 Å². The van der Waals surface area contributed by atoms with E-state index in [2.05, 4.69) is 78.7 Å². The number of nitrogens with one attached hydrogen (secondary N) is 1. The highest BCUT2D eigenvalue weighted by Gasteiger charge is 2.25. The minimum absolute atomic E-state index is 0.660. The fourth-order valence-electron chi connectivity index (χ4n) is 3.42. The molecule has 116 valence electrons. The summed E-state index contributed by atoms with van der Waals surface area (Å²) in [6.45, 7) is 6.82. The van der Waals surface area contributed by atoms with Gasteiger partial charge in [0.05, 0.1) is 11.4 Å². The van der Waals surface area contributed by atoms with Crippen LogP contribution in [0.4, 0.5) is 17.1 Å². The predicted octanol–water partition coefficient (Wildman–Crippen LogP) is 5.30. The summed E-state index contributed by atoms with van der Waals surface area (Å²) in [4.78, 5) is 2.48. The van der Waals surface area contributed by atoms with E-state index in [-0.39, 0.29) is 0 Å². The van der Waals surface area contributed by atoms with Gasteiger partial charge in [-0.1, -0.05) is 57.0 Å². The molecule has 2 nitrogen and oxygen atoms in total. The van der Waals surface area contributed by atoms with Crippen LogP contribution in [0.25, 0.3) is 0 Å². The van der Waals surface area contributed by atoms with Crippen molar-refractivity contribution in [1.29, 1.82) is 0 Å². The average molecular weight is 294 g/mol. The van der Waals surface area contributed by atoms with Gasteiger partial charge in [-0.2, -0.15) is 0 Å². The van der Waals surface area contributed by atoms with Gasteiger partial charge in [0, 0.05) is 18.8 Å². The van der Waals surface area contributed by atoms with E-state index in [1.165, 1.54) is 29.9 Å². The second-order valence-corrected chi connectivity index (χ2v) is 6.37. The topological polar surface area (TPSA) is 15.3 Å². The number of para-hydroxylation sites is 3. The molecule has 0 radical (unpaired) electrons. The number of fused-ring (bicyclic) bond motifs is 1. The molecular formula is C20H26N2. The van der Waals surface area contributed by atoms with Gasteiger partial charge in [0.15, 0.2) is 0 Å². The number of nitrogens with zero attached hydrogens (tertiary/aromatic N) is 1. The SMILES string of the molecule is CCCC(C)C1CNc2ccccc2N(c2ccccc2)C1. The Balaban J connectivity index is 1.95. The Labute approximate surface area is 134 Å². The van der Waals surface area contributed by atoms with Crippen molar-refractivity contribution in [1.82, 2.24) is 0 Å². The van der Waals surface area contributed by atoms with Crippen LogP contribution in [0.3, 0.4) is 0 Å². The zero-order chi connectivity index (χ0) is 15.4. The summed E-state index contributed by atoms with van der Waals surface area (Å²) < 4.78 is 0. The molecular weight excluding hydrogens is 268 g/mol. The minimum atomic E-state index is 0.660. The number of benzene rings is 2. The Kier molecular flexibility index (Phi) is 4.67. The van der Waals surface area contributed by atoms with Crippen LogP contribution in [-0.4, -0.2) is 13.1 Å². The first-order valence-corrected chi connectivity index (χ1v) is 8.45. The van der Waals surface area contributed by atoms with Crippen molar-refractivity contribution >= 4 is 17.1 Å². The first-order valence-electron chi connectivity index (χ1n) is 8.45. The molecule has 2 heteroatoms. The molecule has 0 bridgehead atoms. The quantitative estimate of drug-likeness (QED) is 0.823. The predicted molar refractivity (Wildman–Crippen MR) is 95.9 cm³/mol. The Hall–Kier alpha value is -1.96. The Morgan fingerprint density at radius 1 is 1.09 bits per heavy atom. The third-order valence-electron chi connectivity index (χ3n) is 4.78. The zero-order valence-electron chi connectivity index (χ0n) is 13.6. The lowest BCUT2D eigenvalue weighted by Gasteiger charge is -2.30. The highest BCUT2D eigenvalue weighted by molar-refractivity contribution is 5.77.